The summed E-state index contributed by atoms with van der Waals surface area (Å²) in [6.45, 7) is 2.96. The van der Waals surface area contributed by atoms with E-state index in [2.05, 4.69) is 17.6 Å². The quantitative estimate of drug-likeness (QED) is 0.700. The third kappa shape index (κ3) is 3.39. The average Bonchev–Trinajstić information content (AvgIpc) is 3.08. The molecule has 0 aliphatic heterocycles. The number of carbonyl (C=O) groups is 1. The van der Waals surface area contributed by atoms with Crippen LogP contribution in [0.4, 0.5) is 16.2 Å². The number of rotatable bonds is 5. The lowest BCUT2D eigenvalue weighted by atomic mass is 10.0. The Morgan fingerprint density at radius 3 is 2.83 bits per heavy atom. The molecule has 1 aromatic rings. The second kappa shape index (κ2) is 5.29. The van der Waals surface area contributed by atoms with Crippen molar-refractivity contribution in [3.63, 3.8) is 0 Å². The van der Waals surface area contributed by atoms with Crippen LogP contribution < -0.4 is 16.4 Å². The molecule has 0 atom stereocenters. The minimum Gasteiger partial charge on any atom is -0.399 e. The fraction of sp³-hybridized carbons (Fsp3) is 0.500. The van der Waals surface area contributed by atoms with Gasteiger partial charge in [-0.15, -0.1) is 0 Å². The van der Waals surface area contributed by atoms with E-state index in [1.165, 1.54) is 25.7 Å². The topological polar surface area (TPSA) is 67.2 Å². The molecule has 4 N–H and O–H groups in total. The maximum Gasteiger partial charge on any atom is 0.319 e. The summed E-state index contributed by atoms with van der Waals surface area (Å²) in [5.74, 6) is 0. The van der Waals surface area contributed by atoms with Gasteiger partial charge < -0.3 is 16.4 Å². The first-order chi connectivity index (χ1) is 8.63. The van der Waals surface area contributed by atoms with Gasteiger partial charge in [-0.1, -0.05) is 19.4 Å². The molecular weight excluding hydrogens is 226 g/mol. The third-order valence-electron chi connectivity index (χ3n) is 3.51. The molecule has 0 spiro atoms. The third-order valence-corrected chi connectivity index (χ3v) is 3.51. The van der Waals surface area contributed by atoms with Crippen molar-refractivity contribution in [3.05, 3.63) is 24.3 Å². The first-order valence-electron chi connectivity index (χ1n) is 6.54. The number of amides is 2. The van der Waals surface area contributed by atoms with E-state index in [4.69, 9.17) is 5.73 Å². The molecule has 2 amide bonds. The molecule has 0 aromatic heterocycles. The Balaban J connectivity index is 1.79. The van der Waals surface area contributed by atoms with Crippen LogP contribution in [-0.4, -0.2) is 12.6 Å². The van der Waals surface area contributed by atoms with Crippen molar-refractivity contribution in [3.8, 4) is 0 Å². The summed E-state index contributed by atoms with van der Waals surface area (Å²) in [6, 6.07) is 7.05. The van der Waals surface area contributed by atoms with Gasteiger partial charge in [0.2, 0.25) is 0 Å². The maximum atomic E-state index is 11.7. The molecule has 0 radical (unpaired) electrons. The molecule has 1 fully saturated rings. The van der Waals surface area contributed by atoms with Crippen molar-refractivity contribution in [1.29, 1.82) is 0 Å². The molecule has 4 nitrogen and oxygen atoms in total. The van der Waals surface area contributed by atoms with Gasteiger partial charge >= 0.3 is 6.03 Å². The first-order valence-corrected chi connectivity index (χ1v) is 6.54. The van der Waals surface area contributed by atoms with Gasteiger partial charge in [0.25, 0.3) is 0 Å². The van der Waals surface area contributed by atoms with Gasteiger partial charge in [-0.3, -0.25) is 0 Å². The number of nitrogens with two attached hydrogens (primary N) is 1. The van der Waals surface area contributed by atoms with Gasteiger partial charge in [0.05, 0.1) is 0 Å². The van der Waals surface area contributed by atoms with E-state index in [9.17, 15) is 4.79 Å². The van der Waals surface area contributed by atoms with E-state index in [-0.39, 0.29) is 6.03 Å². The molecule has 1 aliphatic rings. The zero-order valence-corrected chi connectivity index (χ0v) is 10.8. The van der Waals surface area contributed by atoms with Crippen LogP contribution in [0.3, 0.4) is 0 Å². The van der Waals surface area contributed by atoms with Crippen molar-refractivity contribution in [2.75, 3.05) is 17.6 Å². The molecule has 18 heavy (non-hydrogen) atoms. The molecule has 0 saturated heterocycles. The molecule has 4 heteroatoms. The van der Waals surface area contributed by atoms with Crippen molar-refractivity contribution in [2.45, 2.75) is 32.6 Å². The Morgan fingerprint density at radius 2 is 2.22 bits per heavy atom. The van der Waals surface area contributed by atoms with Gasteiger partial charge in [-0.25, -0.2) is 4.79 Å². The van der Waals surface area contributed by atoms with Crippen molar-refractivity contribution >= 4 is 17.4 Å². The molecule has 0 unspecified atom stereocenters. The summed E-state index contributed by atoms with van der Waals surface area (Å²) >= 11 is 0. The largest absolute Gasteiger partial charge is 0.399 e. The average molecular weight is 247 g/mol. The number of carbonyl (C=O) groups excluding carboxylic acids is 1. The Bertz CT molecular complexity index is 427. The van der Waals surface area contributed by atoms with Gasteiger partial charge in [0, 0.05) is 17.9 Å². The van der Waals surface area contributed by atoms with E-state index in [0.29, 0.717) is 11.1 Å². The Kier molecular flexibility index (Phi) is 3.75. The minimum absolute atomic E-state index is 0.150. The monoisotopic (exact) mass is 247 g/mol. The summed E-state index contributed by atoms with van der Waals surface area (Å²) in [5, 5.41) is 5.74. The highest BCUT2D eigenvalue weighted by Gasteiger charge is 2.41. The van der Waals surface area contributed by atoms with Crippen LogP contribution in [0.1, 0.15) is 32.6 Å². The Hall–Kier alpha value is -1.71. The zero-order chi connectivity index (χ0) is 13.0. The normalized spacial score (nSPS) is 16.1. The van der Waals surface area contributed by atoms with Crippen molar-refractivity contribution < 1.29 is 4.79 Å². The second-order valence-corrected chi connectivity index (χ2v) is 5.18. The van der Waals surface area contributed by atoms with Crippen LogP contribution in [0.5, 0.6) is 0 Å². The lowest BCUT2D eigenvalue weighted by Crippen LogP contribution is -2.33. The Labute approximate surface area is 108 Å². The molecule has 0 bridgehead atoms. The van der Waals surface area contributed by atoms with Crippen LogP contribution in [0.15, 0.2) is 24.3 Å². The highest BCUT2D eigenvalue weighted by atomic mass is 16.2. The van der Waals surface area contributed by atoms with E-state index in [0.717, 1.165) is 12.2 Å². The maximum absolute atomic E-state index is 11.7. The molecule has 1 aliphatic carbocycles. The number of benzene rings is 1. The number of hydrogen-bond acceptors (Lipinski definition) is 2. The molecule has 98 valence electrons. The minimum atomic E-state index is -0.150. The highest BCUT2D eigenvalue weighted by Crippen LogP contribution is 2.48. The van der Waals surface area contributed by atoms with Gasteiger partial charge in [0.15, 0.2) is 0 Å². The van der Waals surface area contributed by atoms with Gasteiger partial charge in [-0.2, -0.15) is 0 Å². The van der Waals surface area contributed by atoms with Crippen LogP contribution in [-0.2, 0) is 0 Å². The lowest BCUT2D eigenvalue weighted by molar-refractivity contribution is 0.249. The predicted molar refractivity (Wildman–Crippen MR) is 74.5 cm³/mol. The first kappa shape index (κ1) is 12.7. The lowest BCUT2D eigenvalue weighted by Gasteiger charge is -2.15. The fourth-order valence-electron chi connectivity index (χ4n) is 2.28. The van der Waals surface area contributed by atoms with Crippen LogP contribution in [0.25, 0.3) is 0 Å². The van der Waals surface area contributed by atoms with Gasteiger partial charge in [-0.05, 0) is 42.9 Å². The molecular formula is C14H21N3O. The summed E-state index contributed by atoms with van der Waals surface area (Å²) in [5.41, 5.74) is 7.41. The highest BCUT2D eigenvalue weighted by molar-refractivity contribution is 5.89. The zero-order valence-electron chi connectivity index (χ0n) is 10.8. The number of anilines is 2. The fourth-order valence-corrected chi connectivity index (χ4v) is 2.28. The Morgan fingerprint density at radius 1 is 1.44 bits per heavy atom. The number of nitrogen functional groups attached to an aromatic ring is 1. The number of urea groups is 1. The van der Waals surface area contributed by atoms with E-state index < -0.39 is 0 Å². The number of nitrogens with one attached hydrogen (secondary N) is 2. The van der Waals surface area contributed by atoms with E-state index >= 15 is 0 Å². The van der Waals surface area contributed by atoms with E-state index in [1.54, 1.807) is 12.1 Å². The summed E-state index contributed by atoms with van der Waals surface area (Å²) in [4.78, 5) is 11.7. The summed E-state index contributed by atoms with van der Waals surface area (Å²) in [7, 11) is 0. The van der Waals surface area contributed by atoms with Crippen LogP contribution in [0, 0.1) is 5.41 Å². The molecule has 1 aromatic carbocycles. The van der Waals surface area contributed by atoms with Crippen LogP contribution in [0.2, 0.25) is 0 Å². The smallest absolute Gasteiger partial charge is 0.319 e. The van der Waals surface area contributed by atoms with Gasteiger partial charge in [0.1, 0.15) is 0 Å². The van der Waals surface area contributed by atoms with E-state index in [1.807, 2.05) is 12.1 Å². The van der Waals surface area contributed by atoms with Crippen molar-refractivity contribution in [2.24, 2.45) is 5.41 Å². The van der Waals surface area contributed by atoms with Crippen LogP contribution >= 0.6 is 0 Å². The summed E-state index contributed by atoms with van der Waals surface area (Å²) in [6.07, 6.45) is 4.85. The molecule has 1 saturated carbocycles. The molecule has 0 heterocycles. The standard InChI is InChI=1S/C14H21N3O/c1-2-6-14(7-8-14)10-16-13(18)17-12-5-3-4-11(15)9-12/h3-5,9H,2,6-8,10,15H2,1H3,(H2,16,17,18). The van der Waals surface area contributed by atoms with Crippen molar-refractivity contribution in [1.82, 2.24) is 5.32 Å². The summed E-state index contributed by atoms with van der Waals surface area (Å²) < 4.78 is 0. The SMILES string of the molecule is CCCC1(CNC(=O)Nc2cccc(N)c2)CC1. The predicted octanol–water partition coefficient (Wildman–Crippen LogP) is 2.97. The molecule has 2 rings (SSSR count). The second-order valence-electron chi connectivity index (χ2n) is 5.18. The number of hydrogen-bond donors (Lipinski definition) is 3.